The Morgan fingerprint density at radius 2 is 1.69 bits per heavy atom. The highest BCUT2D eigenvalue weighted by Crippen LogP contribution is 2.30. The lowest BCUT2D eigenvalue weighted by Crippen LogP contribution is -2.64. The largest absolute Gasteiger partial charge is 0.461 e. The van der Waals surface area contributed by atoms with Crippen LogP contribution in [0.2, 0.25) is 0 Å². The van der Waals surface area contributed by atoms with Crippen LogP contribution >= 0.6 is 0 Å². The van der Waals surface area contributed by atoms with E-state index >= 15 is 0 Å². The van der Waals surface area contributed by atoms with Crippen LogP contribution in [0.25, 0.3) is 0 Å². The van der Waals surface area contributed by atoms with Crippen LogP contribution in [0.15, 0.2) is 30.3 Å². The van der Waals surface area contributed by atoms with E-state index in [-0.39, 0.29) is 43.2 Å². The molecule has 1 aromatic carbocycles. The van der Waals surface area contributed by atoms with Crippen molar-refractivity contribution in [1.29, 1.82) is 0 Å². The summed E-state index contributed by atoms with van der Waals surface area (Å²) in [4.78, 5) is 41.6. The number of aryl methyl sites for hydroxylation is 1. The highest BCUT2D eigenvalue weighted by Gasteiger charge is 2.48. The van der Waals surface area contributed by atoms with Gasteiger partial charge in [0.25, 0.3) is 5.91 Å². The number of hydrogen-bond donors (Lipinski definition) is 1. The van der Waals surface area contributed by atoms with Crippen molar-refractivity contribution >= 4 is 17.8 Å². The normalized spacial score (nSPS) is 20.9. The van der Waals surface area contributed by atoms with Gasteiger partial charge < -0.3 is 15.0 Å². The zero-order valence-corrected chi connectivity index (χ0v) is 21.7. The van der Waals surface area contributed by atoms with Crippen LogP contribution in [-0.2, 0) is 29.0 Å². The molecule has 1 saturated carbocycles. The molecular formula is C28H38N4O4. The maximum absolute atomic E-state index is 13.8. The van der Waals surface area contributed by atoms with E-state index < -0.39 is 11.5 Å². The molecule has 36 heavy (non-hydrogen) atoms. The Bertz CT molecular complexity index is 1090. The third-order valence-corrected chi connectivity index (χ3v) is 7.48. The summed E-state index contributed by atoms with van der Waals surface area (Å²) in [6, 6.07) is 9.70. The predicted octanol–water partition coefficient (Wildman–Crippen LogP) is 4.27. The molecule has 4 rings (SSSR count). The summed E-state index contributed by atoms with van der Waals surface area (Å²) < 4.78 is 6.58. The summed E-state index contributed by atoms with van der Waals surface area (Å²) in [5.74, 6) is -1.07. The molecule has 194 valence electrons. The second-order valence-corrected chi connectivity index (χ2v) is 10.1. The Labute approximate surface area is 213 Å². The van der Waals surface area contributed by atoms with Crippen molar-refractivity contribution in [3.63, 3.8) is 0 Å². The van der Waals surface area contributed by atoms with E-state index in [4.69, 9.17) is 4.74 Å². The van der Waals surface area contributed by atoms with E-state index in [1.165, 1.54) is 35.6 Å². The molecule has 2 aromatic rings. The van der Waals surface area contributed by atoms with Crippen LogP contribution in [0.3, 0.4) is 0 Å². The number of esters is 1. The van der Waals surface area contributed by atoms with Crippen LogP contribution in [0.4, 0.5) is 0 Å². The number of nitrogens with one attached hydrogen (secondary N) is 1. The average molecular weight is 495 g/mol. The van der Waals surface area contributed by atoms with Gasteiger partial charge in [0.1, 0.15) is 11.2 Å². The molecule has 0 radical (unpaired) electrons. The lowest BCUT2D eigenvalue weighted by molar-refractivity contribution is -0.134. The predicted molar refractivity (Wildman–Crippen MR) is 137 cm³/mol. The van der Waals surface area contributed by atoms with E-state index in [0.29, 0.717) is 5.69 Å². The second kappa shape index (κ2) is 11.3. The first-order valence-electron chi connectivity index (χ1n) is 13.3. The molecule has 1 fully saturated rings. The summed E-state index contributed by atoms with van der Waals surface area (Å²) >= 11 is 0. The highest BCUT2D eigenvalue weighted by atomic mass is 16.5. The van der Waals surface area contributed by atoms with Crippen molar-refractivity contribution in [2.75, 3.05) is 6.61 Å². The quantitative estimate of drug-likeness (QED) is 0.581. The van der Waals surface area contributed by atoms with E-state index in [9.17, 15) is 14.4 Å². The third-order valence-electron chi connectivity index (χ3n) is 7.48. The summed E-state index contributed by atoms with van der Waals surface area (Å²) in [6.07, 6.45) is 8.66. The number of rotatable bonds is 7. The van der Waals surface area contributed by atoms with Crippen molar-refractivity contribution in [1.82, 2.24) is 20.0 Å². The molecule has 2 aliphatic rings. The fourth-order valence-corrected chi connectivity index (χ4v) is 5.20. The van der Waals surface area contributed by atoms with Crippen LogP contribution in [0.5, 0.6) is 0 Å². The zero-order valence-electron chi connectivity index (χ0n) is 21.7. The lowest BCUT2D eigenvalue weighted by Gasteiger charge is -2.44. The number of ether oxygens (including phenoxy) is 1. The molecule has 0 spiro atoms. The molecule has 1 aromatic heterocycles. The molecular weight excluding hydrogens is 456 g/mol. The molecule has 2 heterocycles. The van der Waals surface area contributed by atoms with Gasteiger partial charge in [-0.05, 0) is 44.2 Å². The monoisotopic (exact) mass is 494 g/mol. The minimum Gasteiger partial charge on any atom is -0.461 e. The van der Waals surface area contributed by atoms with Gasteiger partial charge >= 0.3 is 5.97 Å². The van der Waals surface area contributed by atoms with Gasteiger partial charge in [-0.2, -0.15) is 5.10 Å². The molecule has 1 aliphatic carbocycles. The van der Waals surface area contributed by atoms with Gasteiger partial charge in [0.05, 0.1) is 13.2 Å². The van der Waals surface area contributed by atoms with Crippen molar-refractivity contribution in [3.8, 4) is 0 Å². The minimum absolute atomic E-state index is 0.0807. The van der Waals surface area contributed by atoms with Crippen LogP contribution in [0, 0.1) is 0 Å². The number of carbonyl (C=O) groups excluding carboxylic acids is 3. The molecule has 2 amide bonds. The maximum atomic E-state index is 13.8. The molecule has 0 unspecified atom stereocenters. The van der Waals surface area contributed by atoms with Gasteiger partial charge in [-0.1, -0.05) is 63.3 Å². The first-order chi connectivity index (χ1) is 17.4. The van der Waals surface area contributed by atoms with E-state index in [0.717, 1.165) is 37.7 Å². The Morgan fingerprint density at radius 1 is 1.06 bits per heavy atom. The molecule has 1 atom stereocenters. The van der Waals surface area contributed by atoms with E-state index in [2.05, 4.69) is 29.5 Å². The molecule has 1 N–H and O–H groups in total. The van der Waals surface area contributed by atoms with Gasteiger partial charge in [0.15, 0.2) is 5.69 Å². The topological polar surface area (TPSA) is 93.5 Å². The summed E-state index contributed by atoms with van der Waals surface area (Å²) in [7, 11) is 0. The minimum atomic E-state index is -1.16. The fourth-order valence-electron chi connectivity index (χ4n) is 5.20. The molecule has 8 nitrogen and oxygen atoms in total. The SMILES string of the molecule is CCOC(=O)c1cc2n(n1)C[C@](C)(C(=O)NC1CCCCCCC1)N(Cc1ccc(CC)cc1)C2=O. The molecule has 1 aliphatic heterocycles. The lowest BCUT2D eigenvalue weighted by atomic mass is 9.91. The highest BCUT2D eigenvalue weighted by molar-refractivity contribution is 6.01. The van der Waals surface area contributed by atoms with Crippen molar-refractivity contribution < 1.29 is 19.1 Å². The fraction of sp³-hybridized carbons (Fsp3) is 0.571. The third kappa shape index (κ3) is 5.47. The summed E-state index contributed by atoms with van der Waals surface area (Å²) in [5, 5.41) is 7.62. The number of aromatic nitrogens is 2. The van der Waals surface area contributed by atoms with E-state index in [1.54, 1.807) is 18.7 Å². The van der Waals surface area contributed by atoms with Gasteiger partial charge in [-0.15, -0.1) is 0 Å². The Kier molecular flexibility index (Phi) is 8.11. The van der Waals surface area contributed by atoms with Crippen LogP contribution < -0.4 is 5.32 Å². The van der Waals surface area contributed by atoms with Crippen molar-refractivity contribution in [3.05, 3.63) is 52.8 Å². The summed E-state index contributed by atoms with van der Waals surface area (Å²) in [6.45, 7) is 6.30. The number of amides is 2. The van der Waals surface area contributed by atoms with E-state index in [1.807, 2.05) is 12.1 Å². The molecule has 0 bridgehead atoms. The smallest absolute Gasteiger partial charge is 0.358 e. The van der Waals surface area contributed by atoms with Crippen molar-refractivity contribution in [2.45, 2.75) is 96.8 Å². The number of carbonyl (C=O) groups is 3. The zero-order chi connectivity index (χ0) is 25.7. The van der Waals surface area contributed by atoms with Crippen molar-refractivity contribution in [2.24, 2.45) is 0 Å². The van der Waals surface area contributed by atoms with Gasteiger partial charge in [0, 0.05) is 18.7 Å². The Hall–Kier alpha value is -3.16. The van der Waals surface area contributed by atoms with Gasteiger partial charge in [0.2, 0.25) is 5.91 Å². The number of fused-ring (bicyclic) bond motifs is 1. The van der Waals surface area contributed by atoms with Crippen LogP contribution in [-0.4, -0.2) is 50.7 Å². The standard InChI is InChI=1S/C28H38N4O4/c1-4-20-13-15-21(16-14-20)18-31-25(33)24-17-23(26(34)36-5-2)30-32(24)19-28(31,3)27(35)29-22-11-9-7-6-8-10-12-22/h13-17,22H,4-12,18-19H2,1-3H3,(H,29,35)/t28-/m1/s1. The number of hydrogen-bond acceptors (Lipinski definition) is 5. The number of nitrogens with zero attached hydrogens (tertiary/aromatic N) is 3. The van der Waals surface area contributed by atoms with Crippen LogP contribution in [0.1, 0.15) is 97.8 Å². The average Bonchev–Trinajstić information content (AvgIpc) is 3.28. The molecule has 0 saturated heterocycles. The molecule has 8 heteroatoms. The number of benzene rings is 1. The van der Waals surface area contributed by atoms with Gasteiger partial charge in [-0.3, -0.25) is 14.3 Å². The first kappa shape index (κ1) is 25.9. The Balaban J connectivity index is 1.65. The maximum Gasteiger partial charge on any atom is 0.358 e. The van der Waals surface area contributed by atoms with Gasteiger partial charge in [-0.25, -0.2) is 4.79 Å². The second-order valence-electron chi connectivity index (χ2n) is 10.1. The Morgan fingerprint density at radius 3 is 2.33 bits per heavy atom. The summed E-state index contributed by atoms with van der Waals surface area (Å²) in [5.41, 5.74) is 1.37. The first-order valence-corrected chi connectivity index (χ1v) is 13.3.